The number of rotatable bonds is 6. The Kier molecular flexibility index (Phi) is 7.28. The molecule has 0 aliphatic carbocycles. The molecule has 2 atom stereocenters. The number of benzene rings is 2. The summed E-state index contributed by atoms with van der Waals surface area (Å²) < 4.78 is 85.8. The standard InChI is InChI=1S/C26H27F6NO3/c1-15(24(34)35)9-16-5-6-17-3-2-4-22(36-23(17)10-16)19-13-33(14-19)12-18-11-20(25(27,28)29)7-8-21(18)26(30,31)32/h5-8,10-11,15,19,22H,2-4,9,12-14H2,1H3,(H,34,35). The fourth-order valence-electron chi connectivity index (χ4n) is 4.92. The first-order valence-corrected chi connectivity index (χ1v) is 11.8. The van der Waals surface area contributed by atoms with Crippen LogP contribution in [0.25, 0.3) is 0 Å². The van der Waals surface area contributed by atoms with Crippen LogP contribution >= 0.6 is 0 Å². The summed E-state index contributed by atoms with van der Waals surface area (Å²) in [4.78, 5) is 12.9. The molecule has 2 aliphatic rings. The Hall–Kier alpha value is -2.75. The van der Waals surface area contributed by atoms with E-state index in [9.17, 15) is 36.2 Å². The van der Waals surface area contributed by atoms with Crippen molar-refractivity contribution < 1.29 is 41.0 Å². The van der Waals surface area contributed by atoms with E-state index in [1.165, 1.54) is 0 Å². The molecule has 10 heteroatoms. The number of nitrogens with zero attached hydrogens (tertiary/aromatic N) is 1. The third-order valence-electron chi connectivity index (χ3n) is 6.95. The Labute approximate surface area is 204 Å². The van der Waals surface area contributed by atoms with Crippen molar-refractivity contribution in [3.05, 3.63) is 64.2 Å². The van der Waals surface area contributed by atoms with Gasteiger partial charge in [0, 0.05) is 25.6 Å². The SMILES string of the molecule is CC(Cc1ccc2c(c1)OC(C1CN(Cc3cc(C(F)(F)F)ccc3C(F)(F)F)C1)CCC2)C(=O)O. The van der Waals surface area contributed by atoms with Crippen LogP contribution in [0.1, 0.15) is 47.6 Å². The van der Waals surface area contributed by atoms with Gasteiger partial charge in [0.2, 0.25) is 0 Å². The van der Waals surface area contributed by atoms with Crippen molar-refractivity contribution in [2.75, 3.05) is 13.1 Å². The first kappa shape index (κ1) is 26.3. The van der Waals surface area contributed by atoms with E-state index in [2.05, 4.69) is 0 Å². The highest BCUT2D eigenvalue weighted by molar-refractivity contribution is 5.70. The van der Waals surface area contributed by atoms with Crippen molar-refractivity contribution in [3.63, 3.8) is 0 Å². The lowest BCUT2D eigenvalue weighted by atomic mass is 9.89. The maximum Gasteiger partial charge on any atom is 0.416 e. The molecule has 1 N–H and O–H groups in total. The van der Waals surface area contributed by atoms with Crippen LogP contribution in [0.5, 0.6) is 5.75 Å². The highest BCUT2D eigenvalue weighted by Crippen LogP contribution is 2.39. The molecule has 0 saturated carbocycles. The van der Waals surface area contributed by atoms with Crippen LogP contribution in [0, 0.1) is 11.8 Å². The molecule has 0 bridgehead atoms. The maximum atomic E-state index is 13.4. The molecule has 0 amide bonds. The highest BCUT2D eigenvalue weighted by Gasteiger charge is 2.40. The van der Waals surface area contributed by atoms with E-state index in [1.807, 2.05) is 18.2 Å². The number of halogens is 6. The number of fused-ring (bicyclic) bond motifs is 1. The van der Waals surface area contributed by atoms with Crippen molar-refractivity contribution >= 4 is 5.97 Å². The fraction of sp³-hybridized carbons (Fsp3) is 0.500. The number of carbonyl (C=O) groups is 1. The van der Waals surface area contributed by atoms with E-state index in [0.29, 0.717) is 43.5 Å². The van der Waals surface area contributed by atoms with Crippen molar-refractivity contribution in [1.82, 2.24) is 4.90 Å². The second-order valence-corrected chi connectivity index (χ2v) is 9.76. The summed E-state index contributed by atoms with van der Waals surface area (Å²) in [7, 11) is 0. The molecular weight excluding hydrogens is 488 g/mol. The summed E-state index contributed by atoms with van der Waals surface area (Å²) in [6, 6.07) is 7.27. The Morgan fingerprint density at radius 2 is 1.81 bits per heavy atom. The Morgan fingerprint density at radius 1 is 1.08 bits per heavy atom. The third kappa shape index (κ3) is 5.96. The van der Waals surface area contributed by atoms with E-state index in [0.717, 1.165) is 30.4 Å². The minimum Gasteiger partial charge on any atom is -0.490 e. The van der Waals surface area contributed by atoms with Crippen LogP contribution in [-0.4, -0.2) is 35.2 Å². The van der Waals surface area contributed by atoms with Gasteiger partial charge in [0.05, 0.1) is 17.0 Å². The number of alkyl halides is 6. The van der Waals surface area contributed by atoms with Crippen LogP contribution < -0.4 is 4.74 Å². The molecule has 36 heavy (non-hydrogen) atoms. The van der Waals surface area contributed by atoms with Gasteiger partial charge < -0.3 is 9.84 Å². The molecule has 2 aromatic rings. The monoisotopic (exact) mass is 515 g/mol. The van der Waals surface area contributed by atoms with Gasteiger partial charge in [-0.2, -0.15) is 26.3 Å². The zero-order chi connectivity index (χ0) is 26.3. The molecule has 0 radical (unpaired) electrons. The largest absolute Gasteiger partial charge is 0.490 e. The summed E-state index contributed by atoms with van der Waals surface area (Å²) >= 11 is 0. The molecule has 2 heterocycles. The molecule has 2 aromatic carbocycles. The predicted molar refractivity (Wildman–Crippen MR) is 120 cm³/mol. The molecule has 1 fully saturated rings. The number of hydrogen-bond donors (Lipinski definition) is 1. The van der Waals surface area contributed by atoms with Gasteiger partial charge >= 0.3 is 18.3 Å². The van der Waals surface area contributed by atoms with Crippen LogP contribution in [0.3, 0.4) is 0 Å². The first-order chi connectivity index (χ1) is 16.8. The molecule has 4 rings (SSSR count). The minimum absolute atomic E-state index is 0.0395. The first-order valence-electron chi connectivity index (χ1n) is 11.8. The molecule has 196 valence electrons. The predicted octanol–water partition coefficient (Wildman–Crippen LogP) is 6.20. The molecule has 0 spiro atoms. The smallest absolute Gasteiger partial charge is 0.416 e. The van der Waals surface area contributed by atoms with E-state index in [4.69, 9.17) is 4.74 Å². The van der Waals surface area contributed by atoms with Crippen molar-refractivity contribution in [2.24, 2.45) is 11.8 Å². The topological polar surface area (TPSA) is 49.8 Å². The van der Waals surface area contributed by atoms with Crippen LogP contribution in [0.4, 0.5) is 26.3 Å². The van der Waals surface area contributed by atoms with Crippen molar-refractivity contribution in [1.29, 1.82) is 0 Å². The maximum absolute atomic E-state index is 13.4. The zero-order valence-electron chi connectivity index (χ0n) is 19.6. The summed E-state index contributed by atoms with van der Waals surface area (Å²) in [5, 5.41) is 9.17. The lowest BCUT2D eigenvalue weighted by Gasteiger charge is -2.43. The van der Waals surface area contributed by atoms with Gasteiger partial charge in [0.1, 0.15) is 11.9 Å². The van der Waals surface area contributed by atoms with E-state index in [1.54, 1.807) is 11.8 Å². The lowest BCUT2D eigenvalue weighted by Crippen LogP contribution is -2.52. The summed E-state index contributed by atoms with van der Waals surface area (Å²) in [5.41, 5.74) is -0.663. The zero-order valence-corrected chi connectivity index (χ0v) is 19.6. The van der Waals surface area contributed by atoms with E-state index >= 15 is 0 Å². The molecule has 2 aliphatic heterocycles. The average Bonchev–Trinajstić information content (AvgIpc) is 2.96. The second-order valence-electron chi connectivity index (χ2n) is 9.76. The fourth-order valence-corrected chi connectivity index (χ4v) is 4.92. The van der Waals surface area contributed by atoms with Crippen LogP contribution in [0.15, 0.2) is 36.4 Å². The van der Waals surface area contributed by atoms with Gasteiger partial charge in [-0.15, -0.1) is 0 Å². The van der Waals surface area contributed by atoms with E-state index < -0.39 is 35.4 Å². The minimum atomic E-state index is -4.74. The van der Waals surface area contributed by atoms with Crippen LogP contribution in [0.2, 0.25) is 0 Å². The van der Waals surface area contributed by atoms with Crippen molar-refractivity contribution in [3.8, 4) is 5.75 Å². The number of carboxylic acids is 1. The Bertz CT molecular complexity index is 1110. The van der Waals surface area contributed by atoms with Gasteiger partial charge in [0.15, 0.2) is 0 Å². The molecule has 4 nitrogen and oxygen atoms in total. The van der Waals surface area contributed by atoms with Gasteiger partial charge in [-0.05, 0) is 66.6 Å². The number of aryl methyl sites for hydroxylation is 1. The summed E-state index contributed by atoms with van der Waals surface area (Å²) in [6.07, 6.45) is -6.84. The number of ether oxygens (including phenoxy) is 1. The third-order valence-corrected chi connectivity index (χ3v) is 6.95. The molecule has 1 saturated heterocycles. The average molecular weight is 515 g/mol. The summed E-state index contributed by atoms with van der Waals surface area (Å²) in [6.45, 7) is 2.25. The normalized spacial score (nSPS) is 20.1. The quantitative estimate of drug-likeness (QED) is 0.466. The highest BCUT2D eigenvalue weighted by atomic mass is 19.4. The van der Waals surface area contributed by atoms with Crippen LogP contribution in [-0.2, 0) is 36.5 Å². The number of likely N-dealkylation sites (tertiary alicyclic amines) is 1. The second kappa shape index (κ2) is 9.95. The van der Waals surface area contributed by atoms with Crippen molar-refractivity contribution in [2.45, 2.75) is 57.6 Å². The Morgan fingerprint density at radius 3 is 2.44 bits per heavy atom. The summed E-state index contributed by atoms with van der Waals surface area (Å²) in [5.74, 6) is -0.684. The van der Waals surface area contributed by atoms with Gasteiger partial charge in [0.25, 0.3) is 0 Å². The number of hydrogen-bond acceptors (Lipinski definition) is 3. The number of aliphatic carboxylic acids is 1. The molecular formula is C26H27F6NO3. The molecule has 0 aromatic heterocycles. The Balaban J connectivity index is 1.43. The number of carboxylic acid groups (broad SMARTS) is 1. The van der Waals surface area contributed by atoms with Gasteiger partial charge in [-0.25, -0.2) is 0 Å². The lowest BCUT2D eigenvalue weighted by molar-refractivity contribution is -0.142. The van der Waals surface area contributed by atoms with Gasteiger partial charge in [-0.1, -0.05) is 19.1 Å². The van der Waals surface area contributed by atoms with E-state index in [-0.39, 0.29) is 24.1 Å². The molecule has 2 unspecified atom stereocenters. The van der Waals surface area contributed by atoms with Gasteiger partial charge in [-0.3, -0.25) is 9.69 Å².